The molecule has 1 saturated heterocycles. The molecular formula is C18H27N3O2. The lowest BCUT2D eigenvalue weighted by Crippen LogP contribution is -2.44. The van der Waals surface area contributed by atoms with E-state index in [0.717, 1.165) is 19.5 Å². The first kappa shape index (κ1) is 17.3. The Morgan fingerprint density at radius 3 is 2.57 bits per heavy atom. The number of nitrogens with zero attached hydrogens (tertiary/aromatic N) is 2. The third-order valence-electron chi connectivity index (χ3n) is 4.10. The maximum absolute atomic E-state index is 12.1. The Morgan fingerprint density at radius 2 is 1.91 bits per heavy atom. The normalized spacial score (nSPS) is 22.0. The molecule has 1 aromatic rings. The summed E-state index contributed by atoms with van der Waals surface area (Å²) < 4.78 is 0. The summed E-state index contributed by atoms with van der Waals surface area (Å²) in [7, 11) is 0. The zero-order chi connectivity index (χ0) is 16.7. The van der Waals surface area contributed by atoms with Crippen LogP contribution in [-0.2, 0) is 16.1 Å². The highest BCUT2D eigenvalue weighted by Crippen LogP contribution is 2.20. The van der Waals surface area contributed by atoms with Gasteiger partial charge in [-0.05, 0) is 30.2 Å². The molecule has 5 nitrogen and oxygen atoms in total. The molecule has 2 rings (SSSR count). The number of nitrogens with two attached hydrogens (primary N) is 1. The van der Waals surface area contributed by atoms with E-state index in [1.54, 1.807) is 0 Å². The summed E-state index contributed by atoms with van der Waals surface area (Å²) >= 11 is 0. The lowest BCUT2D eigenvalue weighted by molar-refractivity contribution is -0.138. The predicted molar refractivity (Wildman–Crippen MR) is 91.9 cm³/mol. The fourth-order valence-corrected chi connectivity index (χ4v) is 3.09. The van der Waals surface area contributed by atoms with Gasteiger partial charge in [-0.3, -0.25) is 4.79 Å². The summed E-state index contributed by atoms with van der Waals surface area (Å²) in [5.41, 5.74) is 7.04. The van der Waals surface area contributed by atoms with Crippen molar-refractivity contribution in [1.29, 1.82) is 0 Å². The van der Waals surface area contributed by atoms with Gasteiger partial charge in [0.25, 0.3) is 5.91 Å². The van der Waals surface area contributed by atoms with E-state index in [9.17, 15) is 4.79 Å². The second-order valence-electron chi connectivity index (χ2n) is 6.59. The van der Waals surface area contributed by atoms with Crippen molar-refractivity contribution in [2.75, 3.05) is 19.7 Å². The van der Waals surface area contributed by atoms with Gasteiger partial charge in [0.1, 0.15) is 5.84 Å². The smallest absolute Gasteiger partial charge is 0.263 e. The Labute approximate surface area is 138 Å². The molecule has 2 atom stereocenters. The number of amides is 1. The van der Waals surface area contributed by atoms with Crippen LogP contribution in [0.3, 0.4) is 0 Å². The molecule has 0 bridgehead atoms. The number of likely N-dealkylation sites (tertiary alicyclic amines) is 1. The van der Waals surface area contributed by atoms with Gasteiger partial charge in [-0.2, -0.15) is 0 Å². The van der Waals surface area contributed by atoms with Crippen LogP contribution in [0.1, 0.15) is 32.3 Å². The Hall–Kier alpha value is -2.04. The quantitative estimate of drug-likeness (QED) is 0.498. The fraction of sp³-hybridized carbons (Fsp3) is 0.556. The lowest BCUT2D eigenvalue weighted by atomic mass is 9.92. The third-order valence-corrected chi connectivity index (χ3v) is 4.10. The van der Waals surface area contributed by atoms with Gasteiger partial charge >= 0.3 is 0 Å². The van der Waals surface area contributed by atoms with E-state index in [4.69, 9.17) is 10.6 Å². The lowest BCUT2D eigenvalue weighted by Gasteiger charge is -2.34. The molecule has 1 aliphatic rings. The molecule has 0 aliphatic carbocycles. The van der Waals surface area contributed by atoms with Crippen molar-refractivity contribution in [2.24, 2.45) is 22.7 Å². The number of oxime groups is 1. The van der Waals surface area contributed by atoms with Crippen molar-refractivity contribution in [3.8, 4) is 0 Å². The number of carbonyl (C=O) groups excluding carboxylic acids is 1. The molecule has 1 aliphatic heterocycles. The molecule has 2 N–H and O–H groups in total. The Bertz CT molecular complexity index is 520. The molecule has 0 radical (unpaired) electrons. The predicted octanol–water partition coefficient (Wildman–Crippen LogP) is 2.41. The van der Waals surface area contributed by atoms with Gasteiger partial charge in [0.05, 0.1) is 0 Å². The summed E-state index contributed by atoms with van der Waals surface area (Å²) in [6, 6.07) is 10.1. The van der Waals surface area contributed by atoms with Gasteiger partial charge in [0, 0.05) is 19.5 Å². The number of hydrogen-bond acceptors (Lipinski definition) is 3. The van der Waals surface area contributed by atoms with Crippen LogP contribution in [0.25, 0.3) is 0 Å². The largest absolute Gasteiger partial charge is 0.384 e. The van der Waals surface area contributed by atoms with Gasteiger partial charge in [0.15, 0.2) is 6.61 Å². The summed E-state index contributed by atoms with van der Waals surface area (Å²) in [5.74, 6) is 1.49. The second kappa shape index (κ2) is 8.56. The molecule has 23 heavy (non-hydrogen) atoms. The first-order valence-electron chi connectivity index (χ1n) is 8.30. The molecule has 1 aromatic carbocycles. The van der Waals surface area contributed by atoms with Gasteiger partial charge < -0.3 is 15.5 Å². The van der Waals surface area contributed by atoms with Crippen LogP contribution >= 0.6 is 0 Å². The van der Waals surface area contributed by atoms with E-state index in [1.807, 2.05) is 23.1 Å². The second-order valence-corrected chi connectivity index (χ2v) is 6.59. The van der Waals surface area contributed by atoms with Crippen molar-refractivity contribution >= 4 is 11.7 Å². The maximum Gasteiger partial charge on any atom is 0.263 e. The number of amidine groups is 1. The van der Waals surface area contributed by atoms with E-state index < -0.39 is 0 Å². The minimum atomic E-state index is -0.0362. The van der Waals surface area contributed by atoms with Crippen LogP contribution < -0.4 is 5.73 Å². The van der Waals surface area contributed by atoms with Crippen molar-refractivity contribution in [3.63, 3.8) is 0 Å². The van der Waals surface area contributed by atoms with E-state index in [0.29, 0.717) is 24.1 Å². The van der Waals surface area contributed by atoms with Crippen molar-refractivity contribution in [2.45, 2.75) is 33.1 Å². The van der Waals surface area contributed by atoms with Gasteiger partial charge in [-0.1, -0.05) is 49.3 Å². The first-order valence-corrected chi connectivity index (χ1v) is 8.30. The molecule has 0 saturated carbocycles. The summed E-state index contributed by atoms with van der Waals surface area (Å²) in [5, 5.41) is 3.86. The highest BCUT2D eigenvalue weighted by Gasteiger charge is 2.25. The number of benzene rings is 1. The molecule has 2 unspecified atom stereocenters. The van der Waals surface area contributed by atoms with Crippen LogP contribution in [0.15, 0.2) is 35.5 Å². The van der Waals surface area contributed by atoms with E-state index in [-0.39, 0.29) is 12.5 Å². The molecule has 0 aromatic heterocycles. The summed E-state index contributed by atoms with van der Waals surface area (Å²) in [4.78, 5) is 19.2. The van der Waals surface area contributed by atoms with Crippen LogP contribution in [0.2, 0.25) is 0 Å². The number of hydrogen-bond donors (Lipinski definition) is 1. The Kier molecular flexibility index (Phi) is 6.44. The van der Waals surface area contributed by atoms with Crippen LogP contribution in [0.5, 0.6) is 0 Å². The molecule has 1 fully saturated rings. The zero-order valence-electron chi connectivity index (χ0n) is 14.1. The standard InChI is InChI=1S/C18H27N3O2/c1-14-10-15(2)12-21(11-14)18(22)13-23-20-17(19)9-8-16-6-4-3-5-7-16/h3-7,14-15H,8-13H2,1-2H3,(H2,19,20). The third kappa shape index (κ3) is 5.93. The summed E-state index contributed by atoms with van der Waals surface area (Å²) in [6.45, 7) is 5.93. The minimum Gasteiger partial charge on any atom is -0.384 e. The Morgan fingerprint density at radius 1 is 1.26 bits per heavy atom. The number of piperidine rings is 1. The number of rotatable bonds is 6. The van der Waals surface area contributed by atoms with Crippen LogP contribution in [-0.4, -0.2) is 36.3 Å². The van der Waals surface area contributed by atoms with E-state index >= 15 is 0 Å². The minimum absolute atomic E-state index is 0.0111. The summed E-state index contributed by atoms with van der Waals surface area (Å²) in [6.07, 6.45) is 2.61. The first-order chi connectivity index (χ1) is 11.0. The van der Waals surface area contributed by atoms with E-state index in [2.05, 4.69) is 31.1 Å². The van der Waals surface area contributed by atoms with E-state index in [1.165, 1.54) is 12.0 Å². The highest BCUT2D eigenvalue weighted by molar-refractivity contribution is 5.80. The maximum atomic E-state index is 12.1. The SMILES string of the molecule is CC1CC(C)CN(C(=O)CO/N=C(\N)CCc2ccccc2)C1. The highest BCUT2D eigenvalue weighted by atomic mass is 16.6. The average Bonchev–Trinajstić information content (AvgIpc) is 2.53. The monoisotopic (exact) mass is 317 g/mol. The topological polar surface area (TPSA) is 67.9 Å². The molecular weight excluding hydrogens is 290 g/mol. The van der Waals surface area contributed by atoms with Crippen LogP contribution in [0, 0.1) is 11.8 Å². The molecule has 126 valence electrons. The molecule has 0 spiro atoms. The van der Waals surface area contributed by atoms with Crippen molar-refractivity contribution in [1.82, 2.24) is 4.90 Å². The van der Waals surface area contributed by atoms with Crippen LogP contribution in [0.4, 0.5) is 0 Å². The Balaban J connectivity index is 1.71. The number of carbonyl (C=O) groups is 1. The zero-order valence-corrected chi connectivity index (χ0v) is 14.1. The van der Waals surface area contributed by atoms with Gasteiger partial charge in [-0.15, -0.1) is 0 Å². The average molecular weight is 317 g/mol. The fourth-order valence-electron chi connectivity index (χ4n) is 3.09. The van der Waals surface area contributed by atoms with Gasteiger partial charge in [0.2, 0.25) is 0 Å². The molecule has 1 amide bonds. The van der Waals surface area contributed by atoms with Crippen molar-refractivity contribution < 1.29 is 9.63 Å². The van der Waals surface area contributed by atoms with Crippen molar-refractivity contribution in [3.05, 3.63) is 35.9 Å². The van der Waals surface area contributed by atoms with Gasteiger partial charge in [-0.25, -0.2) is 0 Å². The molecule has 1 heterocycles. The molecule has 5 heteroatoms. The number of aryl methyl sites for hydroxylation is 1.